The number of carbonyl (C=O) groups excluding carboxylic acids is 2. The van der Waals surface area contributed by atoms with E-state index in [1.807, 2.05) is 0 Å². The van der Waals surface area contributed by atoms with Gasteiger partial charge in [0, 0.05) is 11.8 Å². The highest BCUT2D eigenvalue weighted by molar-refractivity contribution is 5.95. The van der Waals surface area contributed by atoms with Gasteiger partial charge in [-0.05, 0) is 24.3 Å². The first kappa shape index (κ1) is 15.3. The van der Waals surface area contributed by atoms with Crippen LogP contribution in [-0.4, -0.2) is 24.0 Å². The molecule has 1 aromatic rings. The van der Waals surface area contributed by atoms with Gasteiger partial charge in [-0.25, -0.2) is 9.59 Å². The molecule has 0 unspecified atom stereocenters. The van der Waals surface area contributed by atoms with Gasteiger partial charge < -0.3 is 20.5 Å². The molecule has 9 nitrogen and oxygen atoms in total. The standard InChI is InChI=1S/C13H13N3O6/c1-6-10(12(18)22-2)11(15-13(19)14-6)7-3-4-8(16(20)21)9(17)5-7/h3-5,11,17H,1-2H3,(H2,14,15,19)/p-1/t11-/m0/s1. The summed E-state index contributed by atoms with van der Waals surface area (Å²) in [6.45, 7) is 1.52. The van der Waals surface area contributed by atoms with Gasteiger partial charge in [-0.15, -0.1) is 0 Å². The molecular formula is C13H12N3O6-. The van der Waals surface area contributed by atoms with Gasteiger partial charge in [-0.3, -0.25) is 10.1 Å². The Hall–Kier alpha value is -3.10. The van der Waals surface area contributed by atoms with Crippen molar-refractivity contribution < 1.29 is 24.4 Å². The predicted molar refractivity (Wildman–Crippen MR) is 71.7 cm³/mol. The Morgan fingerprint density at radius 1 is 1.41 bits per heavy atom. The van der Waals surface area contributed by atoms with E-state index < -0.39 is 34.4 Å². The zero-order valence-corrected chi connectivity index (χ0v) is 11.7. The van der Waals surface area contributed by atoms with Gasteiger partial charge in [-0.1, -0.05) is 6.07 Å². The molecule has 2 amide bonds. The molecule has 0 saturated carbocycles. The first-order chi connectivity index (χ1) is 10.3. The molecule has 116 valence electrons. The first-order valence-electron chi connectivity index (χ1n) is 6.17. The van der Waals surface area contributed by atoms with Crippen molar-refractivity contribution in [1.29, 1.82) is 0 Å². The second kappa shape index (κ2) is 5.72. The van der Waals surface area contributed by atoms with Crippen LogP contribution in [0.15, 0.2) is 29.5 Å². The van der Waals surface area contributed by atoms with Crippen LogP contribution < -0.4 is 15.7 Å². The van der Waals surface area contributed by atoms with Crippen molar-refractivity contribution >= 4 is 17.7 Å². The maximum absolute atomic E-state index is 11.9. The number of urea groups is 1. The largest absolute Gasteiger partial charge is 0.868 e. The summed E-state index contributed by atoms with van der Waals surface area (Å²) in [4.78, 5) is 33.3. The Labute approximate surface area is 124 Å². The summed E-state index contributed by atoms with van der Waals surface area (Å²) in [7, 11) is 1.19. The highest BCUT2D eigenvalue weighted by atomic mass is 16.6. The lowest BCUT2D eigenvalue weighted by Gasteiger charge is -2.28. The molecular weight excluding hydrogens is 294 g/mol. The van der Waals surface area contributed by atoms with E-state index in [9.17, 15) is 24.8 Å². The molecule has 0 saturated heterocycles. The number of methoxy groups -OCH3 is 1. The number of ether oxygens (including phenoxy) is 1. The highest BCUT2D eigenvalue weighted by Crippen LogP contribution is 2.32. The third-order valence-electron chi connectivity index (χ3n) is 3.19. The van der Waals surface area contributed by atoms with E-state index in [4.69, 9.17) is 0 Å². The van der Waals surface area contributed by atoms with Crippen molar-refractivity contribution in [2.24, 2.45) is 0 Å². The van der Waals surface area contributed by atoms with Gasteiger partial charge in [0.25, 0.3) is 5.69 Å². The average Bonchev–Trinajstić information content (AvgIpc) is 2.45. The second-order valence-corrected chi connectivity index (χ2v) is 4.55. The van der Waals surface area contributed by atoms with E-state index in [2.05, 4.69) is 15.4 Å². The zero-order valence-electron chi connectivity index (χ0n) is 11.7. The number of nitrogens with zero attached hydrogens (tertiary/aromatic N) is 1. The van der Waals surface area contributed by atoms with Crippen molar-refractivity contribution in [3.05, 3.63) is 45.1 Å². The molecule has 0 aromatic heterocycles. The summed E-state index contributed by atoms with van der Waals surface area (Å²) in [5, 5.41) is 27.3. The van der Waals surface area contributed by atoms with Crippen molar-refractivity contribution in [3.63, 3.8) is 0 Å². The fourth-order valence-electron chi connectivity index (χ4n) is 2.19. The molecule has 2 N–H and O–H groups in total. The number of nitro groups is 1. The van der Waals surface area contributed by atoms with Crippen LogP contribution >= 0.6 is 0 Å². The number of nitro benzene ring substituents is 1. The van der Waals surface area contributed by atoms with E-state index in [0.29, 0.717) is 0 Å². The number of allylic oxidation sites excluding steroid dienone is 1. The lowest BCUT2D eigenvalue weighted by Crippen LogP contribution is -2.45. The number of nitrogens with one attached hydrogen (secondary N) is 2. The number of esters is 1. The van der Waals surface area contributed by atoms with Crippen LogP contribution in [0.2, 0.25) is 0 Å². The van der Waals surface area contributed by atoms with E-state index in [1.54, 1.807) is 0 Å². The van der Waals surface area contributed by atoms with Gasteiger partial charge in [0.15, 0.2) is 0 Å². The molecule has 9 heteroatoms. The minimum atomic E-state index is -0.922. The van der Waals surface area contributed by atoms with Crippen LogP contribution in [0.4, 0.5) is 10.5 Å². The SMILES string of the molecule is COC(=O)C1=C(C)NC(=O)N[C@H]1c1ccc([N+](=O)[O-])c([O-])c1. The Morgan fingerprint density at radius 2 is 2.09 bits per heavy atom. The topological polar surface area (TPSA) is 134 Å². The van der Waals surface area contributed by atoms with Crippen molar-refractivity contribution in [2.75, 3.05) is 7.11 Å². The molecule has 0 radical (unpaired) electrons. The Kier molecular flexibility index (Phi) is 3.97. The van der Waals surface area contributed by atoms with Crippen LogP contribution in [0.5, 0.6) is 5.75 Å². The van der Waals surface area contributed by atoms with Crippen molar-refractivity contribution in [1.82, 2.24) is 10.6 Å². The summed E-state index contributed by atoms with van der Waals surface area (Å²) in [5.74, 6) is -1.49. The molecule has 22 heavy (non-hydrogen) atoms. The monoisotopic (exact) mass is 306 g/mol. The minimum Gasteiger partial charge on any atom is -0.868 e. The normalized spacial score (nSPS) is 17.5. The van der Waals surface area contributed by atoms with Gasteiger partial charge in [0.1, 0.15) is 0 Å². The third-order valence-corrected chi connectivity index (χ3v) is 3.19. The molecule has 0 spiro atoms. The van der Waals surface area contributed by atoms with Crippen LogP contribution in [0.1, 0.15) is 18.5 Å². The number of amides is 2. The fraction of sp³-hybridized carbons (Fsp3) is 0.231. The molecule has 0 fully saturated rings. The lowest BCUT2D eigenvalue weighted by atomic mass is 9.95. The van der Waals surface area contributed by atoms with Gasteiger partial charge in [0.2, 0.25) is 0 Å². The van der Waals surface area contributed by atoms with Crippen LogP contribution in [0.25, 0.3) is 0 Å². The maximum Gasteiger partial charge on any atom is 0.337 e. The molecule has 1 aliphatic rings. The summed E-state index contributed by atoms with van der Waals surface area (Å²) in [5.41, 5.74) is 0.0799. The zero-order chi connectivity index (χ0) is 16.4. The first-order valence-corrected chi connectivity index (χ1v) is 6.17. The summed E-state index contributed by atoms with van der Waals surface area (Å²) in [6.07, 6.45) is 0. The summed E-state index contributed by atoms with van der Waals surface area (Å²) >= 11 is 0. The van der Waals surface area contributed by atoms with E-state index >= 15 is 0 Å². The van der Waals surface area contributed by atoms with Crippen LogP contribution in [-0.2, 0) is 9.53 Å². The van der Waals surface area contributed by atoms with Crippen LogP contribution in [0, 0.1) is 10.1 Å². The number of rotatable bonds is 3. The molecule has 1 atom stereocenters. The van der Waals surface area contributed by atoms with E-state index in [-0.39, 0.29) is 16.8 Å². The van der Waals surface area contributed by atoms with Gasteiger partial charge in [0.05, 0.1) is 23.6 Å². The lowest BCUT2D eigenvalue weighted by molar-refractivity contribution is -0.398. The molecule has 0 bridgehead atoms. The maximum atomic E-state index is 11.9. The molecule has 1 heterocycles. The van der Waals surface area contributed by atoms with E-state index in [1.165, 1.54) is 20.1 Å². The Morgan fingerprint density at radius 3 is 2.64 bits per heavy atom. The minimum absolute atomic E-state index is 0.121. The summed E-state index contributed by atoms with van der Waals surface area (Å²) < 4.78 is 4.66. The molecule has 1 aliphatic heterocycles. The predicted octanol–water partition coefficient (Wildman–Crippen LogP) is 0.469. The second-order valence-electron chi connectivity index (χ2n) is 4.55. The molecule has 1 aromatic carbocycles. The smallest absolute Gasteiger partial charge is 0.337 e. The fourth-order valence-corrected chi connectivity index (χ4v) is 2.19. The third kappa shape index (κ3) is 2.68. The molecule has 0 aliphatic carbocycles. The van der Waals surface area contributed by atoms with Crippen LogP contribution in [0.3, 0.4) is 0 Å². The molecule has 2 rings (SSSR count). The average molecular weight is 306 g/mol. The van der Waals surface area contributed by atoms with Gasteiger partial charge >= 0.3 is 12.0 Å². The number of benzene rings is 1. The number of hydrogen-bond donors (Lipinski definition) is 2. The Bertz CT molecular complexity index is 697. The summed E-state index contributed by atoms with van der Waals surface area (Å²) in [6, 6.07) is 1.89. The highest BCUT2D eigenvalue weighted by Gasteiger charge is 2.32. The number of carbonyl (C=O) groups is 2. The van der Waals surface area contributed by atoms with Gasteiger partial charge in [-0.2, -0.15) is 0 Å². The quantitative estimate of drug-likeness (QED) is 0.473. The van der Waals surface area contributed by atoms with Crippen molar-refractivity contribution in [2.45, 2.75) is 13.0 Å². The number of hydrogen-bond acceptors (Lipinski definition) is 6. The Balaban J connectivity index is 2.51. The van der Waals surface area contributed by atoms with E-state index in [0.717, 1.165) is 12.1 Å². The van der Waals surface area contributed by atoms with Crippen molar-refractivity contribution in [3.8, 4) is 5.75 Å².